The van der Waals surface area contributed by atoms with Crippen LogP contribution in [0.5, 0.6) is 0 Å². The van der Waals surface area contributed by atoms with E-state index < -0.39 is 0 Å². The zero-order valence-electron chi connectivity index (χ0n) is 14.2. The highest BCUT2D eigenvalue weighted by atomic mass is 16.2. The average Bonchev–Trinajstić information content (AvgIpc) is 3.12. The zero-order valence-corrected chi connectivity index (χ0v) is 14.2. The molecule has 0 saturated carbocycles. The minimum absolute atomic E-state index is 0.0301. The Morgan fingerprint density at radius 1 is 1.36 bits per heavy atom. The van der Waals surface area contributed by atoms with Crippen molar-refractivity contribution in [3.05, 3.63) is 12.2 Å². The number of aliphatic imine (C=N–C) groups is 1. The quantitative estimate of drug-likeness (QED) is 0.463. The SMILES string of the molecule is CC(C)NC(=NCC(=O)N(C)C)N1CCC(N2CC=CC2)C1. The fraction of sp³-hybridized carbons (Fsp3) is 0.750. The second-order valence-electron chi connectivity index (χ2n) is 6.54. The van der Waals surface area contributed by atoms with Crippen molar-refractivity contribution >= 4 is 11.9 Å². The molecule has 0 aliphatic carbocycles. The lowest BCUT2D eigenvalue weighted by molar-refractivity contribution is -0.127. The summed E-state index contributed by atoms with van der Waals surface area (Å²) in [6.07, 6.45) is 5.63. The van der Waals surface area contributed by atoms with E-state index in [1.807, 2.05) is 0 Å². The highest BCUT2D eigenvalue weighted by molar-refractivity contribution is 5.85. The molecule has 1 amide bonds. The van der Waals surface area contributed by atoms with Crippen molar-refractivity contribution in [2.24, 2.45) is 4.99 Å². The van der Waals surface area contributed by atoms with Gasteiger partial charge in [-0.1, -0.05) is 12.2 Å². The number of hydrogen-bond acceptors (Lipinski definition) is 3. The lowest BCUT2D eigenvalue weighted by Crippen LogP contribution is -2.45. The molecule has 6 nitrogen and oxygen atoms in total. The van der Waals surface area contributed by atoms with Gasteiger partial charge in [0.2, 0.25) is 5.91 Å². The Morgan fingerprint density at radius 3 is 2.64 bits per heavy atom. The van der Waals surface area contributed by atoms with E-state index in [1.165, 1.54) is 0 Å². The highest BCUT2D eigenvalue weighted by Gasteiger charge is 2.29. The van der Waals surface area contributed by atoms with Crippen molar-refractivity contribution in [2.45, 2.75) is 32.4 Å². The molecule has 1 saturated heterocycles. The van der Waals surface area contributed by atoms with E-state index in [0.29, 0.717) is 12.1 Å². The summed E-state index contributed by atoms with van der Waals surface area (Å²) in [7, 11) is 3.53. The number of rotatable bonds is 4. The van der Waals surface area contributed by atoms with E-state index in [4.69, 9.17) is 0 Å². The molecule has 0 spiro atoms. The van der Waals surface area contributed by atoms with Crippen molar-refractivity contribution in [3.63, 3.8) is 0 Å². The van der Waals surface area contributed by atoms with E-state index in [-0.39, 0.29) is 12.5 Å². The molecule has 2 heterocycles. The first-order valence-corrected chi connectivity index (χ1v) is 8.12. The molecule has 0 bridgehead atoms. The minimum atomic E-state index is 0.0301. The molecule has 2 rings (SSSR count). The van der Waals surface area contributed by atoms with Gasteiger partial charge < -0.3 is 15.1 Å². The molecule has 0 aromatic heterocycles. The predicted octanol–water partition coefficient (Wildman–Crippen LogP) is 0.375. The number of guanidine groups is 1. The topological polar surface area (TPSA) is 51.2 Å². The van der Waals surface area contributed by atoms with Gasteiger partial charge >= 0.3 is 0 Å². The van der Waals surface area contributed by atoms with Gasteiger partial charge in [-0.05, 0) is 20.3 Å². The van der Waals surface area contributed by atoms with Gasteiger partial charge in [0.1, 0.15) is 6.54 Å². The van der Waals surface area contributed by atoms with E-state index in [0.717, 1.165) is 38.6 Å². The van der Waals surface area contributed by atoms with Crippen molar-refractivity contribution in [1.82, 2.24) is 20.0 Å². The van der Waals surface area contributed by atoms with Gasteiger partial charge in [-0.15, -0.1) is 0 Å². The molecule has 1 unspecified atom stereocenters. The third-order valence-electron chi connectivity index (χ3n) is 4.11. The van der Waals surface area contributed by atoms with Gasteiger partial charge in [-0.3, -0.25) is 9.69 Å². The van der Waals surface area contributed by atoms with Crippen LogP contribution in [0, 0.1) is 0 Å². The van der Waals surface area contributed by atoms with Crippen LogP contribution >= 0.6 is 0 Å². The van der Waals surface area contributed by atoms with Crippen LogP contribution in [0.3, 0.4) is 0 Å². The number of carbonyl (C=O) groups excluding carboxylic acids is 1. The molecule has 1 N–H and O–H groups in total. The highest BCUT2D eigenvalue weighted by Crippen LogP contribution is 2.18. The summed E-state index contributed by atoms with van der Waals surface area (Å²) in [5, 5.41) is 3.40. The molecule has 2 aliphatic rings. The first-order valence-electron chi connectivity index (χ1n) is 8.12. The molecule has 1 fully saturated rings. The van der Waals surface area contributed by atoms with Crippen LogP contribution in [0.1, 0.15) is 20.3 Å². The summed E-state index contributed by atoms with van der Waals surface area (Å²) in [6.45, 7) is 8.49. The average molecular weight is 307 g/mol. The Kier molecular flexibility index (Phi) is 5.83. The summed E-state index contributed by atoms with van der Waals surface area (Å²) in [5.74, 6) is 0.891. The number of nitrogens with one attached hydrogen (secondary N) is 1. The number of nitrogens with zero attached hydrogens (tertiary/aromatic N) is 4. The van der Waals surface area contributed by atoms with Gasteiger partial charge in [0, 0.05) is 52.4 Å². The van der Waals surface area contributed by atoms with Crippen LogP contribution in [0.4, 0.5) is 0 Å². The molecule has 6 heteroatoms. The Morgan fingerprint density at radius 2 is 2.05 bits per heavy atom. The largest absolute Gasteiger partial charge is 0.354 e. The van der Waals surface area contributed by atoms with Crippen LogP contribution in [0.2, 0.25) is 0 Å². The Bertz CT molecular complexity index is 436. The van der Waals surface area contributed by atoms with E-state index in [2.05, 4.69) is 46.1 Å². The number of carbonyl (C=O) groups is 1. The van der Waals surface area contributed by atoms with Crippen LogP contribution in [-0.2, 0) is 4.79 Å². The Balaban J connectivity index is 1.96. The Labute approximate surface area is 133 Å². The van der Waals surface area contributed by atoms with Crippen LogP contribution in [0.25, 0.3) is 0 Å². The third-order valence-corrected chi connectivity index (χ3v) is 4.11. The smallest absolute Gasteiger partial charge is 0.243 e. The molecular weight excluding hydrogens is 278 g/mol. The lowest BCUT2D eigenvalue weighted by atomic mass is 10.2. The summed E-state index contributed by atoms with van der Waals surface area (Å²) in [4.78, 5) is 22.7. The molecule has 0 aromatic carbocycles. The second-order valence-corrected chi connectivity index (χ2v) is 6.54. The van der Waals surface area contributed by atoms with Crippen LogP contribution < -0.4 is 5.32 Å². The first-order chi connectivity index (χ1) is 10.5. The fourth-order valence-corrected chi connectivity index (χ4v) is 2.80. The zero-order chi connectivity index (χ0) is 16.1. The van der Waals surface area contributed by atoms with Gasteiger partial charge in [0.15, 0.2) is 5.96 Å². The molecular formula is C16H29N5O. The van der Waals surface area contributed by atoms with Gasteiger partial charge in [-0.2, -0.15) is 0 Å². The molecule has 2 aliphatic heterocycles. The standard InChI is InChI=1S/C16H29N5O/c1-13(2)18-16(17-11-15(22)19(3)4)21-10-7-14(12-21)20-8-5-6-9-20/h5-6,13-14H,7-12H2,1-4H3,(H,17,18). The predicted molar refractivity (Wildman–Crippen MR) is 90.0 cm³/mol. The monoisotopic (exact) mass is 307 g/mol. The van der Waals surface area contributed by atoms with Gasteiger partial charge in [0.25, 0.3) is 0 Å². The van der Waals surface area contributed by atoms with Gasteiger partial charge in [0.05, 0.1) is 0 Å². The lowest BCUT2D eigenvalue weighted by Gasteiger charge is -2.26. The number of likely N-dealkylation sites (N-methyl/N-ethyl adjacent to an activating group) is 1. The molecule has 124 valence electrons. The summed E-state index contributed by atoms with van der Waals surface area (Å²) in [5.41, 5.74) is 0. The Hall–Kier alpha value is -1.56. The summed E-state index contributed by atoms with van der Waals surface area (Å²) >= 11 is 0. The maximum Gasteiger partial charge on any atom is 0.243 e. The normalized spacial score (nSPS) is 22.7. The van der Waals surface area contributed by atoms with Crippen LogP contribution in [0.15, 0.2) is 17.1 Å². The first kappa shape index (κ1) is 16.8. The van der Waals surface area contributed by atoms with E-state index in [9.17, 15) is 4.79 Å². The van der Waals surface area contributed by atoms with Crippen molar-refractivity contribution in [2.75, 3.05) is 46.8 Å². The number of amides is 1. The van der Waals surface area contributed by atoms with E-state index >= 15 is 0 Å². The molecule has 0 aromatic rings. The van der Waals surface area contributed by atoms with Crippen molar-refractivity contribution < 1.29 is 4.79 Å². The second kappa shape index (κ2) is 7.63. The van der Waals surface area contributed by atoms with Gasteiger partial charge in [-0.25, -0.2) is 4.99 Å². The maximum absolute atomic E-state index is 11.8. The summed E-state index contributed by atoms with van der Waals surface area (Å²) < 4.78 is 0. The number of hydrogen-bond donors (Lipinski definition) is 1. The fourth-order valence-electron chi connectivity index (χ4n) is 2.80. The van der Waals surface area contributed by atoms with Crippen molar-refractivity contribution in [3.8, 4) is 0 Å². The summed E-state index contributed by atoms with van der Waals surface area (Å²) in [6, 6.07) is 0.888. The van der Waals surface area contributed by atoms with E-state index in [1.54, 1.807) is 19.0 Å². The third kappa shape index (κ3) is 4.47. The number of likely N-dealkylation sites (tertiary alicyclic amines) is 1. The molecule has 0 radical (unpaired) electrons. The van der Waals surface area contributed by atoms with Crippen LogP contribution in [-0.4, -0.2) is 85.5 Å². The molecule has 1 atom stereocenters. The maximum atomic E-state index is 11.8. The van der Waals surface area contributed by atoms with Crippen molar-refractivity contribution in [1.29, 1.82) is 0 Å². The molecule has 22 heavy (non-hydrogen) atoms. The minimum Gasteiger partial charge on any atom is -0.354 e.